The molecule has 0 unspecified atom stereocenters. The Hall–Kier alpha value is -2.54. The van der Waals surface area contributed by atoms with E-state index in [9.17, 15) is 13.2 Å². The molecule has 0 heterocycles. The molecule has 0 saturated heterocycles. The predicted octanol–water partition coefficient (Wildman–Crippen LogP) is 2.97. The fourth-order valence-electron chi connectivity index (χ4n) is 1.72. The summed E-state index contributed by atoms with van der Waals surface area (Å²) in [4.78, 5) is 11.3. The molecule has 22 heavy (non-hydrogen) atoms. The number of amides is 1. The molecule has 7 heteroatoms. The molecule has 2 N–H and O–H groups in total. The maximum Gasteiger partial charge on any atom is 0.411 e. The molecule has 1 amide bonds. The van der Waals surface area contributed by atoms with E-state index in [1.807, 2.05) is 6.92 Å². The molecule has 0 fully saturated rings. The Labute approximate surface area is 129 Å². The fraction of sp³-hybridized carbons (Fsp3) is 0.133. The van der Waals surface area contributed by atoms with Crippen LogP contribution in [-0.4, -0.2) is 21.6 Å². The normalized spacial score (nSPS) is 10.8. The lowest BCUT2D eigenvalue weighted by atomic mass is 10.2. The number of carbonyl (C=O) groups excluding carboxylic acids is 1. The molecule has 0 bridgehead atoms. The highest BCUT2D eigenvalue weighted by Gasteiger charge is 2.13. The molecule has 2 rings (SSSR count). The van der Waals surface area contributed by atoms with E-state index in [0.29, 0.717) is 11.4 Å². The van der Waals surface area contributed by atoms with Gasteiger partial charge in [0.1, 0.15) is 0 Å². The van der Waals surface area contributed by atoms with Crippen LogP contribution < -0.4 is 10.0 Å². The lowest BCUT2D eigenvalue weighted by Crippen LogP contribution is -2.13. The smallest absolute Gasteiger partial charge is 0.411 e. The van der Waals surface area contributed by atoms with Crippen molar-refractivity contribution in [1.29, 1.82) is 0 Å². The van der Waals surface area contributed by atoms with E-state index in [4.69, 9.17) is 0 Å². The van der Waals surface area contributed by atoms with Crippen LogP contribution in [0, 0.1) is 6.92 Å². The van der Waals surface area contributed by atoms with Crippen molar-refractivity contribution in [2.45, 2.75) is 11.8 Å². The summed E-state index contributed by atoms with van der Waals surface area (Å²) in [7, 11) is -2.37. The molecule has 116 valence electrons. The standard InChI is InChI=1S/C15H16N2O4S/c1-11-3-9-14(10-4-11)22(19,20)17-13-7-5-12(6-8-13)16-15(18)21-2/h3-10,17H,1-2H3,(H,16,18). The van der Waals surface area contributed by atoms with Crippen molar-refractivity contribution < 1.29 is 17.9 Å². The fourth-order valence-corrected chi connectivity index (χ4v) is 2.78. The Morgan fingerprint density at radius 1 is 0.955 bits per heavy atom. The van der Waals surface area contributed by atoms with Gasteiger partial charge in [-0.1, -0.05) is 17.7 Å². The minimum Gasteiger partial charge on any atom is -0.453 e. The van der Waals surface area contributed by atoms with Gasteiger partial charge in [0.05, 0.1) is 12.0 Å². The number of nitrogens with one attached hydrogen (secondary N) is 2. The van der Waals surface area contributed by atoms with E-state index in [-0.39, 0.29) is 4.90 Å². The number of rotatable bonds is 4. The van der Waals surface area contributed by atoms with Gasteiger partial charge in [-0.2, -0.15) is 0 Å². The van der Waals surface area contributed by atoms with Crippen molar-refractivity contribution in [3.05, 3.63) is 54.1 Å². The number of carbonyl (C=O) groups is 1. The minimum atomic E-state index is -3.63. The van der Waals surface area contributed by atoms with Gasteiger partial charge in [-0.3, -0.25) is 10.0 Å². The van der Waals surface area contributed by atoms with Crippen molar-refractivity contribution in [2.24, 2.45) is 0 Å². The summed E-state index contributed by atoms with van der Waals surface area (Å²) in [5.74, 6) is 0. The average molecular weight is 320 g/mol. The number of benzene rings is 2. The maximum atomic E-state index is 12.2. The first kappa shape index (κ1) is 15.8. The minimum absolute atomic E-state index is 0.190. The molecule has 0 aliphatic heterocycles. The number of methoxy groups -OCH3 is 1. The number of sulfonamides is 1. The van der Waals surface area contributed by atoms with Crippen LogP contribution in [-0.2, 0) is 14.8 Å². The first-order valence-electron chi connectivity index (χ1n) is 6.45. The summed E-state index contributed by atoms with van der Waals surface area (Å²) in [5, 5.41) is 2.48. The van der Waals surface area contributed by atoms with Crippen LogP contribution in [0.3, 0.4) is 0 Å². The summed E-state index contributed by atoms with van der Waals surface area (Å²) < 4.78 is 31.4. The van der Waals surface area contributed by atoms with Crippen molar-refractivity contribution in [3.8, 4) is 0 Å². The van der Waals surface area contributed by atoms with E-state index in [0.717, 1.165) is 5.56 Å². The zero-order valence-corrected chi connectivity index (χ0v) is 13.0. The number of aryl methyl sites for hydroxylation is 1. The van der Waals surface area contributed by atoms with Crippen LogP contribution in [0.15, 0.2) is 53.4 Å². The molecular weight excluding hydrogens is 304 g/mol. The third-order valence-electron chi connectivity index (χ3n) is 2.90. The molecule has 0 saturated carbocycles. The van der Waals surface area contributed by atoms with Crippen molar-refractivity contribution in [3.63, 3.8) is 0 Å². The van der Waals surface area contributed by atoms with Gasteiger partial charge < -0.3 is 4.74 Å². The Bertz CT molecular complexity index is 753. The van der Waals surface area contributed by atoms with E-state index in [1.165, 1.54) is 7.11 Å². The van der Waals surface area contributed by atoms with Crippen LogP contribution in [0.2, 0.25) is 0 Å². The third kappa shape index (κ3) is 3.98. The van der Waals surface area contributed by atoms with Gasteiger partial charge in [0, 0.05) is 11.4 Å². The Kier molecular flexibility index (Phi) is 4.67. The van der Waals surface area contributed by atoms with Crippen LogP contribution in [0.4, 0.5) is 16.2 Å². The van der Waals surface area contributed by atoms with Gasteiger partial charge in [-0.05, 0) is 43.3 Å². The lowest BCUT2D eigenvalue weighted by Gasteiger charge is -2.09. The van der Waals surface area contributed by atoms with Crippen molar-refractivity contribution in [1.82, 2.24) is 0 Å². The van der Waals surface area contributed by atoms with Gasteiger partial charge in [0.25, 0.3) is 10.0 Å². The largest absolute Gasteiger partial charge is 0.453 e. The van der Waals surface area contributed by atoms with E-state index >= 15 is 0 Å². The second-order valence-corrected chi connectivity index (χ2v) is 6.29. The molecule has 0 aromatic heterocycles. The third-order valence-corrected chi connectivity index (χ3v) is 4.30. The Morgan fingerprint density at radius 3 is 2.05 bits per heavy atom. The topological polar surface area (TPSA) is 84.5 Å². The molecule has 0 aliphatic rings. The first-order chi connectivity index (χ1) is 10.4. The van der Waals surface area contributed by atoms with Crippen LogP contribution >= 0.6 is 0 Å². The first-order valence-corrected chi connectivity index (χ1v) is 7.93. The zero-order chi connectivity index (χ0) is 16.2. The highest BCUT2D eigenvalue weighted by Crippen LogP contribution is 2.18. The maximum absolute atomic E-state index is 12.2. The SMILES string of the molecule is COC(=O)Nc1ccc(NS(=O)(=O)c2ccc(C)cc2)cc1. The second kappa shape index (κ2) is 6.48. The summed E-state index contributed by atoms with van der Waals surface area (Å²) in [6.07, 6.45) is -0.590. The summed E-state index contributed by atoms with van der Waals surface area (Å²) in [5.41, 5.74) is 1.89. The number of hydrogen-bond donors (Lipinski definition) is 2. The van der Waals surface area contributed by atoms with Gasteiger partial charge in [0.15, 0.2) is 0 Å². The Balaban J connectivity index is 2.13. The van der Waals surface area contributed by atoms with Gasteiger partial charge in [-0.25, -0.2) is 13.2 Å². The predicted molar refractivity (Wildman–Crippen MR) is 84.5 cm³/mol. The number of ether oxygens (including phenoxy) is 1. The average Bonchev–Trinajstić information content (AvgIpc) is 2.49. The second-order valence-electron chi connectivity index (χ2n) is 4.61. The molecule has 2 aromatic carbocycles. The van der Waals surface area contributed by atoms with Crippen molar-refractivity contribution >= 4 is 27.5 Å². The molecule has 0 radical (unpaired) electrons. The van der Waals surface area contributed by atoms with Crippen LogP contribution in [0.5, 0.6) is 0 Å². The number of anilines is 2. The molecular formula is C15H16N2O4S. The quantitative estimate of drug-likeness (QED) is 0.907. The molecule has 0 atom stereocenters. The molecule has 2 aromatic rings. The van der Waals surface area contributed by atoms with E-state index < -0.39 is 16.1 Å². The zero-order valence-electron chi connectivity index (χ0n) is 12.2. The monoisotopic (exact) mass is 320 g/mol. The van der Waals surface area contributed by atoms with Gasteiger partial charge in [0.2, 0.25) is 0 Å². The molecule has 6 nitrogen and oxygen atoms in total. The highest BCUT2D eigenvalue weighted by molar-refractivity contribution is 7.92. The Morgan fingerprint density at radius 2 is 1.50 bits per heavy atom. The van der Waals surface area contributed by atoms with E-state index in [2.05, 4.69) is 14.8 Å². The summed E-state index contributed by atoms with van der Waals surface area (Å²) >= 11 is 0. The molecule has 0 spiro atoms. The van der Waals surface area contributed by atoms with Crippen LogP contribution in [0.25, 0.3) is 0 Å². The number of hydrogen-bond acceptors (Lipinski definition) is 4. The lowest BCUT2D eigenvalue weighted by molar-refractivity contribution is 0.187. The van der Waals surface area contributed by atoms with Crippen molar-refractivity contribution in [2.75, 3.05) is 17.1 Å². The van der Waals surface area contributed by atoms with Crippen LogP contribution in [0.1, 0.15) is 5.56 Å². The summed E-state index contributed by atoms with van der Waals surface area (Å²) in [6.45, 7) is 1.89. The van der Waals surface area contributed by atoms with Gasteiger partial charge in [-0.15, -0.1) is 0 Å². The summed E-state index contributed by atoms with van der Waals surface area (Å²) in [6, 6.07) is 12.8. The molecule has 0 aliphatic carbocycles. The van der Waals surface area contributed by atoms with E-state index in [1.54, 1.807) is 48.5 Å². The highest BCUT2D eigenvalue weighted by atomic mass is 32.2. The van der Waals surface area contributed by atoms with Gasteiger partial charge >= 0.3 is 6.09 Å².